The lowest BCUT2D eigenvalue weighted by molar-refractivity contribution is 0.0922. The molecule has 0 aromatic carbocycles. The maximum Gasteiger partial charge on any atom is 0.272 e. The standard InChI is InChI=1S/C15H24N4O.ClH/c1-2-15(6-3-4-7-15)10-17-14(20)13-11-9-16-8-5-12(11)18-19-13;/h16H,2-10H2,1H3,(H,17,20)(H,18,19);1H. The molecule has 5 nitrogen and oxygen atoms in total. The van der Waals surface area contributed by atoms with E-state index in [4.69, 9.17) is 0 Å². The second kappa shape index (κ2) is 6.79. The molecule has 2 heterocycles. The van der Waals surface area contributed by atoms with Crippen molar-refractivity contribution >= 4 is 18.3 Å². The average Bonchev–Trinajstić information content (AvgIpc) is 3.12. The number of nitrogens with zero attached hydrogens (tertiary/aromatic N) is 1. The van der Waals surface area contributed by atoms with E-state index in [2.05, 4.69) is 27.8 Å². The van der Waals surface area contributed by atoms with Gasteiger partial charge in [-0.05, 0) is 24.7 Å². The fraction of sp³-hybridized carbons (Fsp3) is 0.733. The number of carbonyl (C=O) groups excluding carboxylic acids is 1. The summed E-state index contributed by atoms with van der Waals surface area (Å²) in [5, 5.41) is 13.6. The molecule has 0 saturated heterocycles. The molecule has 6 heteroatoms. The van der Waals surface area contributed by atoms with Gasteiger partial charge in [-0.15, -0.1) is 12.4 Å². The lowest BCUT2D eigenvalue weighted by Crippen LogP contribution is -2.36. The number of aromatic amines is 1. The molecule has 118 valence electrons. The van der Waals surface area contributed by atoms with Crippen LogP contribution in [0.3, 0.4) is 0 Å². The zero-order chi connectivity index (χ0) is 14.0. The molecular formula is C15H25ClN4O. The number of hydrogen-bond acceptors (Lipinski definition) is 3. The molecule has 3 N–H and O–H groups in total. The summed E-state index contributed by atoms with van der Waals surface area (Å²) in [6, 6.07) is 0. The second-order valence-corrected chi connectivity index (χ2v) is 6.20. The van der Waals surface area contributed by atoms with Crippen molar-refractivity contribution in [2.24, 2.45) is 5.41 Å². The Bertz CT molecular complexity index is 494. The first-order valence-electron chi connectivity index (χ1n) is 7.79. The monoisotopic (exact) mass is 312 g/mol. The maximum atomic E-state index is 12.4. The van der Waals surface area contributed by atoms with E-state index >= 15 is 0 Å². The van der Waals surface area contributed by atoms with Crippen LogP contribution in [-0.2, 0) is 13.0 Å². The topological polar surface area (TPSA) is 69.8 Å². The molecule has 1 fully saturated rings. The Morgan fingerprint density at radius 1 is 1.38 bits per heavy atom. The summed E-state index contributed by atoms with van der Waals surface area (Å²) >= 11 is 0. The Morgan fingerprint density at radius 2 is 2.14 bits per heavy atom. The van der Waals surface area contributed by atoms with E-state index in [-0.39, 0.29) is 18.3 Å². The van der Waals surface area contributed by atoms with Gasteiger partial charge in [-0.2, -0.15) is 5.10 Å². The van der Waals surface area contributed by atoms with Crippen LogP contribution < -0.4 is 10.6 Å². The average molecular weight is 313 g/mol. The number of halogens is 1. The summed E-state index contributed by atoms with van der Waals surface area (Å²) < 4.78 is 0. The van der Waals surface area contributed by atoms with Crippen molar-refractivity contribution in [2.45, 2.75) is 52.0 Å². The Labute approximate surface area is 132 Å². The molecule has 1 amide bonds. The number of rotatable bonds is 4. The molecule has 3 rings (SSSR count). The van der Waals surface area contributed by atoms with Crippen LogP contribution in [-0.4, -0.2) is 29.2 Å². The van der Waals surface area contributed by atoms with Crippen molar-refractivity contribution < 1.29 is 4.79 Å². The number of carbonyl (C=O) groups is 1. The van der Waals surface area contributed by atoms with E-state index < -0.39 is 0 Å². The first-order chi connectivity index (χ1) is 9.74. The highest BCUT2D eigenvalue weighted by molar-refractivity contribution is 5.94. The molecule has 1 aliphatic carbocycles. The quantitative estimate of drug-likeness (QED) is 0.798. The van der Waals surface area contributed by atoms with Crippen LogP contribution in [0.5, 0.6) is 0 Å². The van der Waals surface area contributed by atoms with E-state index in [0.29, 0.717) is 11.1 Å². The summed E-state index contributed by atoms with van der Waals surface area (Å²) in [4.78, 5) is 12.4. The maximum absolute atomic E-state index is 12.4. The summed E-state index contributed by atoms with van der Waals surface area (Å²) in [5.74, 6) is -0.0223. The van der Waals surface area contributed by atoms with Gasteiger partial charge < -0.3 is 10.6 Å². The van der Waals surface area contributed by atoms with Gasteiger partial charge in [0.15, 0.2) is 5.69 Å². The van der Waals surface area contributed by atoms with Crippen molar-refractivity contribution in [3.05, 3.63) is 17.0 Å². The van der Waals surface area contributed by atoms with Crippen LogP contribution in [0.1, 0.15) is 60.8 Å². The van der Waals surface area contributed by atoms with Gasteiger partial charge in [-0.3, -0.25) is 9.89 Å². The Balaban J connectivity index is 0.00000161. The third-order valence-corrected chi connectivity index (χ3v) is 5.06. The predicted molar refractivity (Wildman–Crippen MR) is 84.8 cm³/mol. The molecule has 0 bridgehead atoms. The van der Waals surface area contributed by atoms with E-state index in [1.54, 1.807) is 0 Å². The SMILES string of the molecule is CCC1(CNC(=O)c2n[nH]c3c2CNCC3)CCCC1.Cl. The van der Waals surface area contributed by atoms with Crippen LogP contribution in [0.4, 0.5) is 0 Å². The molecule has 0 unspecified atom stereocenters. The normalized spacial score (nSPS) is 19.7. The number of H-pyrrole nitrogens is 1. The minimum absolute atomic E-state index is 0. The lowest BCUT2D eigenvalue weighted by Gasteiger charge is -2.27. The van der Waals surface area contributed by atoms with Gasteiger partial charge in [0, 0.05) is 37.3 Å². The fourth-order valence-electron chi connectivity index (χ4n) is 3.54. The van der Waals surface area contributed by atoms with Crippen molar-refractivity contribution in [3.8, 4) is 0 Å². The minimum Gasteiger partial charge on any atom is -0.350 e. The first-order valence-corrected chi connectivity index (χ1v) is 7.79. The Hall–Kier alpha value is -1.07. The summed E-state index contributed by atoms with van der Waals surface area (Å²) in [5.41, 5.74) is 3.06. The predicted octanol–water partition coefficient (Wildman–Crippen LogP) is 2.18. The molecule has 0 atom stereocenters. The molecule has 0 spiro atoms. The van der Waals surface area contributed by atoms with Gasteiger partial charge in [0.2, 0.25) is 0 Å². The van der Waals surface area contributed by atoms with Crippen LogP contribution in [0.2, 0.25) is 0 Å². The lowest BCUT2D eigenvalue weighted by atomic mass is 9.83. The third-order valence-electron chi connectivity index (χ3n) is 5.06. The molecule has 1 saturated carbocycles. The van der Waals surface area contributed by atoms with Crippen molar-refractivity contribution in [3.63, 3.8) is 0 Å². The summed E-state index contributed by atoms with van der Waals surface area (Å²) in [6.45, 7) is 4.72. The van der Waals surface area contributed by atoms with Gasteiger partial charge in [0.1, 0.15) is 0 Å². The van der Waals surface area contributed by atoms with Gasteiger partial charge >= 0.3 is 0 Å². The van der Waals surface area contributed by atoms with Gasteiger partial charge in [0.25, 0.3) is 5.91 Å². The van der Waals surface area contributed by atoms with Crippen LogP contribution in [0, 0.1) is 5.41 Å². The smallest absolute Gasteiger partial charge is 0.272 e. The largest absolute Gasteiger partial charge is 0.350 e. The van der Waals surface area contributed by atoms with Gasteiger partial charge in [-0.1, -0.05) is 19.8 Å². The van der Waals surface area contributed by atoms with Crippen molar-refractivity contribution in [1.82, 2.24) is 20.8 Å². The van der Waals surface area contributed by atoms with Crippen molar-refractivity contribution in [2.75, 3.05) is 13.1 Å². The highest BCUT2D eigenvalue weighted by atomic mass is 35.5. The highest BCUT2D eigenvalue weighted by Gasteiger charge is 2.33. The summed E-state index contributed by atoms with van der Waals surface area (Å²) in [7, 11) is 0. The van der Waals surface area contributed by atoms with E-state index in [1.807, 2.05) is 0 Å². The molecule has 0 radical (unpaired) electrons. The van der Waals surface area contributed by atoms with Crippen molar-refractivity contribution in [1.29, 1.82) is 0 Å². The van der Waals surface area contributed by atoms with E-state index in [0.717, 1.165) is 43.7 Å². The van der Waals surface area contributed by atoms with Gasteiger partial charge in [0.05, 0.1) is 0 Å². The number of amides is 1. The molecule has 1 aromatic heterocycles. The van der Waals surface area contributed by atoms with E-state index in [9.17, 15) is 4.79 Å². The molecule has 21 heavy (non-hydrogen) atoms. The zero-order valence-electron chi connectivity index (χ0n) is 12.6. The van der Waals surface area contributed by atoms with E-state index in [1.165, 1.54) is 25.7 Å². The minimum atomic E-state index is -0.0223. The Morgan fingerprint density at radius 3 is 2.86 bits per heavy atom. The van der Waals surface area contributed by atoms with Crippen LogP contribution >= 0.6 is 12.4 Å². The molecule has 1 aliphatic heterocycles. The van der Waals surface area contributed by atoms with Crippen LogP contribution in [0.15, 0.2) is 0 Å². The molecule has 1 aromatic rings. The first kappa shape index (κ1) is 16.3. The number of aromatic nitrogens is 2. The number of nitrogens with one attached hydrogen (secondary N) is 3. The number of hydrogen-bond donors (Lipinski definition) is 3. The summed E-state index contributed by atoms with van der Waals surface area (Å²) in [6.07, 6.45) is 7.15. The Kier molecular flexibility index (Phi) is 5.27. The fourth-order valence-corrected chi connectivity index (χ4v) is 3.54. The zero-order valence-corrected chi connectivity index (χ0v) is 13.4. The van der Waals surface area contributed by atoms with Crippen LogP contribution in [0.25, 0.3) is 0 Å². The molecule has 2 aliphatic rings. The third kappa shape index (κ3) is 3.24. The number of fused-ring (bicyclic) bond motifs is 1. The highest BCUT2D eigenvalue weighted by Crippen LogP contribution is 2.40. The second-order valence-electron chi connectivity index (χ2n) is 6.20. The van der Waals surface area contributed by atoms with Gasteiger partial charge in [-0.25, -0.2) is 0 Å². The molecular weight excluding hydrogens is 288 g/mol.